The molecule has 0 fully saturated rings. The van der Waals surface area contributed by atoms with Gasteiger partial charge in [-0.1, -0.05) is 42.5 Å². The van der Waals surface area contributed by atoms with Crippen LogP contribution >= 0.6 is 0 Å². The average molecular weight is 293 g/mol. The summed E-state index contributed by atoms with van der Waals surface area (Å²) in [6.07, 6.45) is 0. The van der Waals surface area contributed by atoms with Crippen molar-refractivity contribution in [2.75, 3.05) is 12.4 Å². The molecule has 0 aliphatic heterocycles. The van der Waals surface area contributed by atoms with Crippen LogP contribution in [-0.4, -0.2) is 7.11 Å². The molecule has 3 rings (SSSR count). The van der Waals surface area contributed by atoms with Gasteiger partial charge in [-0.05, 0) is 23.3 Å². The highest BCUT2D eigenvalue weighted by Crippen LogP contribution is 2.23. The lowest BCUT2D eigenvalue weighted by Gasteiger charge is -2.13. The maximum Gasteiger partial charge on any atom is 0.250 e. The van der Waals surface area contributed by atoms with Gasteiger partial charge in [-0.3, -0.25) is 9.59 Å². The van der Waals surface area contributed by atoms with Crippen molar-refractivity contribution >= 4 is 5.69 Å². The quantitative estimate of drug-likeness (QED) is 0.735. The Bertz CT molecular complexity index is 862. The minimum Gasteiger partial charge on any atom is -0.497 e. The van der Waals surface area contributed by atoms with Crippen LogP contribution in [0.2, 0.25) is 0 Å². The topological polar surface area (TPSA) is 55.4 Å². The van der Waals surface area contributed by atoms with Crippen LogP contribution in [0.1, 0.15) is 5.56 Å². The van der Waals surface area contributed by atoms with Gasteiger partial charge in [-0.15, -0.1) is 0 Å². The van der Waals surface area contributed by atoms with Crippen molar-refractivity contribution in [2.24, 2.45) is 0 Å². The van der Waals surface area contributed by atoms with Gasteiger partial charge in [0.05, 0.1) is 18.4 Å². The predicted octanol–water partition coefficient (Wildman–Crippen LogP) is 2.57. The van der Waals surface area contributed by atoms with Crippen LogP contribution in [0.25, 0.3) is 11.1 Å². The molecule has 110 valence electrons. The monoisotopic (exact) mass is 293 g/mol. The highest BCUT2D eigenvalue weighted by molar-refractivity contribution is 5.81. The molecule has 0 radical (unpaired) electrons. The lowest BCUT2D eigenvalue weighted by Crippen LogP contribution is -2.36. The second-order valence-corrected chi connectivity index (χ2v) is 4.98. The molecular weight excluding hydrogens is 278 g/mol. The summed E-state index contributed by atoms with van der Waals surface area (Å²) in [5, 5.41) is 3.07. The summed E-state index contributed by atoms with van der Waals surface area (Å²) in [7, 11) is 1.61. The molecule has 0 unspecified atom stereocenters. The third kappa shape index (κ3) is 2.51. The van der Waals surface area contributed by atoms with E-state index in [2.05, 4.69) is 5.32 Å². The van der Waals surface area contributed by atoms with E-state index in [0.717, 1.165) is 16.9 Å². The first-order chi connectivity index (χ1) is 10.7. The Balaban J connectivity index is 1.83. The van der Waals surface area contributed by atoms with Crippen LogP contribution in [0.15, 0.2) is 64.2 Å². The number of hydrogen-bond acceptors (Lipinski definition) is 4. The number of rotatable bonds is 5. The van der Waals surface area contributed by atoms with Crippen LogP contribution in [-0.2, 0) is 6.54 Å². The van der Waals surface area contributed by atoms with E-state index >= 15 is 0 Å². The van der Waals surface area contributed by atoms with Gasteiger partial charge in [0, 0.05) is 6.54 Å². The SMILES string of the molecule is COc1cccc(CNc2c(-c3ccccc3)c(=O)c2=O)c1. The van der Waals surface area contributed by atoms with Crippen LogP contribution < -0.4 is 20.9 Å². The van der Waals surface area contributed by atoms with Gasteiger partial charge in [-0.25, -0.2) is 0 Å². The van der Waals surface area contributed by atoms with Gasteiger partial charge >= 0.3 is 0 Å². The van der Waals surface area contributed by atoms with E-state index < -0.39 is 10.9 Å². The Kier molecular flexibility index (Phi) is 3.74. The number of ether oxygens (including phenoxy) is 1. The van der Waals surface area contributed by atoms with Gasteiger partial charge in [0.25, 0.3) is 0 Å². The number of nitrogens with one attached hydrogen (secondary N) is 1. The van der Waals surface area contributed by atoms with Crippen molar-refractivity contribution in [1.29, 1.82) is 0 Å². The molecule has 0 saturated heterocycles. The highest BCUT2D eigenvalue weighted by atomic mass is 16.5. The molecule has 3 aromatic rings. The fourth-order valence-corrected chi connectivity index (χ4v) is 2.41. The van der Waals surface area contributed by atoms with E-state index in [1.54, 1.807) is 7.11 Å². The molecule has 4 heteroatoms. The van der Waals surface area contributed by atoms with Gasteiger partial charge in [0.2, 0.25) is 10.9 Å². The summed E-state index contributed by atoms with van der Waals surface area (Å²) in [6, 6.07) is 16.8. The molecule has 0 aliphatic rings. The first kappa shape index (κ1) is 14.1. The molecule has 0 saturated carbocycles. The molecule has 0 spiro atoms. The van der Waals surface area contributed by atoms with Gasteiger partial charge in [-0.2, -0.15) is 0 Å². The van der Waals surface area contributed by atoms with Gasteiger partial charge in [0.15, 0.2) is 0 Å². The normalized spacial score (nSPS) is 10.6. The Morgan fingerprint density at radius 1 is 0.955 bits per heavy atom. The summed E-state index contributed by atoms with van der Waals surface area (Å²) < 4.78 is 5.17. The van der Waals surface area contributed by atoms with Gasteiger partial charge in [0.1, 0.15) is 5.75 Å². The minimum absolute atomic E-state index is 0.388. The molecule has 0 amide bonds. The van der Waals surface area contributed by atoms with E-state index in [-0.39, 0.29) is 0 Å². The standard InChI is InChI=1S/C18H15NO3/c1-22-14-9-5-6-12(10-14)11-19-16-15(17(20)18(16)21)13-7-3-2-4-8-13/h2-10,19H,11H2,1H3. The van der Waals surface area contributed by atoms with Crippen LogP contribution in [0.5, 0.6) is 5.75 Å². The molecule has 0 aliphatic carbocycles. The van der Waals surface area contributed by atoms with E-state index in [4.69, 9.17) is 4.74 Å². The van der Waals surface area contributed by atoms with Crippen molar-refractivity contribution in [3.8, 4) is 16.9 Å². The summed E-state index contributed by atoms with van der Waals surface area (Å²) >= 11 is 0. The molecular formula is C18H15NO3. The largest absolute Gasteiger partial charge is 0.497 e. The zero-order chi connectivity index (χ0) is 15.5. The Morgan fingerprint density at radius 3 is 2.45 bits per heavy atom. The number of anilines is 1. The fraction of sp³-hybridized carbons (Fsp3) is 0.111. The van der Waals surface area contributed by atoms with Crippen molar-refractivity contribution < 1.29 is 4.74 Å². The van der Waals surface area contributed by atoms with Crippen molar-refractivity contribution in [3.05, 3.63) is 80.6 Å². The third-order valence-corrected chi connectivity index (χ3v) is 3.58. The molecule has 4 nitrogen and oxygen atoms in total. The first-order valence-electron chi connectivity index (χ1n) is 6.96. The van der Waals surface area contributed by atoms with Crippen LogP contribution in [0.4, 0.5) is 5.69 Å². The van der Waals surface area contributed by atoms with E-state index in [1.165, 1.54) is 0 Å². The summed E-state index contributed by atoms with van der Waals surface area (Å²) in [5.41, 5.74) is 1.71. The average Bonchev–Trinajstić information content (AvgIpc) is 2.58. The molecule has 3 aromatic carbocycles. The van der Waals surface area contributed by atoms with Crippen molar-refractivity contribution in [2.45, 2.75) is 6.54 Å². The lowest BCUT2D eigenvalue weighted by atomic mass is 9.98. The number of methoxy groups -OCH3 is 1. The maximum atomic E-state index is 11.8. The molecule has 22 heavy (non-hydrogen) atoms. The maximum absolute atomic E-state index is 11.8. The number of benzene rings is 2. The van der Waals surface area contributed by atoms with E-state index in [0.29, 0.717) is 17.8 Å². The Labute approximate surface area is 127 Å². The smallest absolute Gasteiger partial charge is 0.250 e. The minimum atomic E-state index is -0.457. The molecule has 0 aromatic heterocycles. The van der Waals surface area contributed by atoms with Crippen molar-refractivity contribution in [1.82, 2.24) is 0 Å². The number of hydrogen-bond donors (Lipinski definition) is 1. The van der Waals surface area contributed by atoms with Crippen LogP contribution in [0.3, 0.4) is 0 Å². The second-order valence-electron chi connectivity index (χ2n) is 4.98. The lowest BCUT2D eigenvalue weighted by molar-refractivity contribution is 0.414. The highest BCUT2D eigenvalue weighted by Gasteiger charge is 2.21. The van der Waals surface area contributed by atoms with E-state index in [9.17, 15) is 9.59 Å². The predicted molar refractivity (Wildman–Crippen MR) is 87.1 cm³/mol. The van der Waals surface area contributed by atoms with Crippen molar-refractivity contribution in [3.63, 3.8) is 0 Å². The fourth-order valence-electron chi connectivity index (χ4n) is 2.41. The molecule has 0 atom stereocenters. The van der Waals surface area contributed by atoms with Crippen LogP contribution in [0, 0.1) is 0 Å². The zero-order valence-corrected chi connectivity index (χ0v) is 12.1. The Morgan fingerprint density at radius 2 is 1.73 bits per heavy atom. The summed E-state index contributed by atoms with van der Waals surface area (Å²) in [5.74, 6) is 0.757. The second kappa shape index (κ2) is 5.85. The summed E-state index contributed by atoms with van der Waals surface area (Å²) in [4.78, 5) is 23.6. The molecule has 0 heterocycles. The molecule has 1 N–H and O–H groups in total. The van der Waals surface area contributed by atoms with E-state index in [1.807, 2.05) is 54.6 Å². The first-order valence-corrected chi connectivity index (χ1v) is 6.96. The van der Waals surface area contributed by atoms with Gasteiger partial charge < -0.3 is 10.1 Å². The molecule has 0 bridgehead atoms. The zero-order valence-electron chi connectivity index (χ0n) is 12.1. The Hall–Kier alpha value is -2.88. The summed E-state index contributed by atoms with van der Waals surface area (Å²) in [6.45, 7) is 0.460. The third-order valence-electron chi connectivity index (χ3n) is 3.58.